The Hall–Kier alpha value is -2.83. The fourth-order valence-corrected chi connectivity index (χ4v) is 4.97. The van der Waals surface area contributed by atoms with Crippen molar-refractivity contribution in [2.45, 2.75) is 63.9 Å². The predicted octanol–water partition coefficient (Wildman–Crippen LogP) is 1.66. The molecule has 2 heterocycles. The van der Waals surface area contributed by atoms with Gasteiger partial charge in [0.15, 0.2) is 11.9 Å². The van der Waals surface area contributed by atoms with Crippen molar-refractivity contribution in [3.63, 3.8) is 0 Å². The van der Waals surface area contributed by atoms with Crippen LogP contribution in [0.2, 0.25) is 0 Å². The average Bonchev–Trinajstić information content (AvgIpc) is 3.01. The van der Waals surface area contributed by atoms with Crippen molar-refractivity contribution in [2.75, 3.05) is 6.61 Å². The summed E-state index contributed by atoms with van der Waals surface area (Å²) in [6, 6.07) is 7.86. The highest BCUT2D eigenvalue weighted by atomic mass is 31.2. The van der Waals surface area contributed by atoms with E-state index in [-0.39, 0.29) is 5.75 Å². The number of hydrogen-bond donors (Lipinski definition) is 3. The van der Waals surface area contributed by atoms with Crippen molar-refractivity contribution >= 4 is 13.7 Å². The fraction of sp³-hybridized carbons (Fsp3) is 0.500. The molecule has 0 spiro atoms. The minimum Gasteiger partial charge on any atom is -0.462 e. The van der Waals surface area contributed by atoms with E-state index >= 15 is 4.39 Å². The number of alkyl halides is 1. The Morgan fingerprint density at radius 1 is 1.28 bits per heavy atom. The van der Waals surface area contributed by atoms with Crippen LogP contribution >= 0.6 is 7.75 Å². The molecule has 3 rings (SSSR count). The van der Waals surface area contributed by atoms with E-state index < -0.39 is 67.8 Å². The average molecular weight is 529 g/mol. The molecule has 0 bridgehead atoms. The molecule has 2 aromatic rings. The number of aliphatic hydroxyl groups excluding tert-OH is 1. The third-order valence-electron chi connectivity index (χ3n) is 5.26. The number of benzene rings is 1. The number of aliphatic hydroxyl groups is 1. The normalized spacial score (nSPS) is 26.4. The van der Waals surface area contributed by atoms with Gasteiger partial charge in [-0.2, -0.15) is 5.09 Å². The number of esters is 1. The van der Waals surface area contributed by atoms with Crippen molar-refractivity contribution in [3.05, 3.63) is 63.4 Å². The number of para-hydroxylation sites is 1. The van der Waals surface area contributed by atoms with Gasteiger partial charge >= 0.3 is 19.4 Å². The summed E-state index contributed by atoms with van der Waals surface area (Å²) in [5, 5.41) is 13.0. The van der Waals surface area contributed by atoms with Crippen molar-refractivity contribution in [1.82, 2.24) is 14.6 Å². The summed E-state index contributed by atoms with van der Waals surface area (Å²) in [4.78, 5) is 37.7. The van der Waals surface area contributed by atoms with E-state index in [1.54, 1.807) is 32.0 Å². The lowest BCUT2D eigenvalue weighted by Crippen LogP contribution is -2.43. The highest BCUT2D eigenvalue weighted by molar-refractivity contribution is 7.52. The van der Waals surface area contributed by atoms with Crippen LogP contribution in [0.3, 0.4) is 0 Å². The van der Waals surface area contributed by atoms with Crippen LogP contribution in [-0.2, 0) is 23.4 Å². The standard InChI is InChI=1S/C22H29FN3O9P/c1-13(2)33-19(29)14(3)25-36(31,35-15-8-6-5-7-9-15)32-12-16-18(28)22(4,23)20(34-16)26-11-10-17(27)24-21(26)30/h5-11,13-14,16,18,20,28H,12H2,1-4H3,(H,25,31)(H,24,27,30)/t14-,16+,18+,20?,22+,36?/m0/s1. The Morgan fingerprint density at radius 3 is 2.56 bits per heavy atom. The molecule has 0 aliphatic carbocycles. The summed E-state index contributed by atoms with van der Waals surface area (Å²) >= 11 is 0. The van der Waals surface area contributed by atoms with Gasteiger partial charge in [0.05, 0.1) is 12.7 Å². The SMILES string of the molecule is CC(C)OC(=O)[C@H](C)NP(=O)(OC[C@H]1OC(n2ccc(=O)[nH]c2=O)[C@](C)(F)[C@@H]1O)Oc1ccccc1. The number of rotatable bonds is 10. The van der Waals surface area contributed by atoms with Gasteiger partial charge in [-0.15, -0.1) is 0 Å². The van der Waals surface area contributed by atoms with Gasteiger partial charge in [-0.25, -0.2) is 13.8 Å². The molecule has 1 aliphatic heterocycles. The second-order valence-corrected chi connectivity index (χ2v) is 10.4. The summed E-state index contributed by atoms with van der Waals surface area (Å²) in [6.07, 6.45) is -4.21. The fourth-order valence-electron chi connectivity index (χ4n) is 3.47. The molecule has 0 radical (unpaired) electrons. The zero-order chi connectivity index (χ0) is 26.7. The van der Waals surface area contributed by atoms with Crippen molar-refractivity contribution in [3.8, 4) is 5.75 Å². The van der Waals surface area contributed by atoms with E-state index in [1.807, 2.05) is 4.98 Å². The summed E-state index contributed by atoms with van der Waals surface area (Å²) < 4.78 is 51.4. The highest BCUT2D eigenvalue weighted by Gasteiger charge is 2.55. The molecule has 3 N–H and O–H groups in total. The highest BCUT2D eigenvalue weighted by Crippen LogP contribution is 2.47. The summed E-state index contributed by atoms with van der Waals surface area (Å²) in [7, 11) is -4.30. The molecular weight excluding hydrogens is 500 g/mol. The van der Waals surface area contributed by atoms with E-state index in [4.69, 9.17) is 18.5 Å². The summed E-state index contributed by atoms with van der Waals surface area (Å²) in [6.45, 7) is 5.07. The molecule has 2 unspecified atom stereocenters. The maximum Gasteiger partial charge on any atom is 0.459 e. The Morgan fingerprint density at radius 2 is 1.94 bits per heavy atom. The Balaban J connectivity index is 1.80. The zero-order valence-electron chi connectivity index (χ0n) is 20.1. The van der Waals surface area contributed by atoms with Crippen molar-refractivity contribution in [1.29, 1.82) is 0 Å². The van der Waals surface area contributed by atoms with Gasteiger partial charge < -0.3 is 19.1 Å². The monoisotopic (exact) mass is 529 g/mol. The number of nitrogens with zero attached hydrogens (tertiary/aromatic N) is 1. The first-order valence-corrected chi connectivity index (χ1v) is 12.7. The summed E-state index contributed by atoms with van der Waals surface area (Å²) in [5.74, 6) is -0.560. The minimum absolute atomic E-state index is 0.152. The van der Waals surface area contributed by atoms with Crippen LogP contribution in [0.1, 0.15) is 33.9 Å². The minimum atomic E-state index is -4.30. The molecule has 0 amide bonds. The number of H-pyrrole nitrogens is 1. The molecule has 1 fully saturated rings. The van der Waals surface area contributed by atoms with Crippen LogP contribution in [0.25, 0.3) is 0 Å². The number of halogens is 1. The van der Waals surface area contributed by atoms with Gasteiger partial charge in [0.25, 0.3) is 5.56 Å². The topological polar surface area (TPSA) is 158 Å². The molecule has 1 aromatic carbocycles. The molecule has 1 aromatic heterocycles. The molecular formula is C22H29FN3O9P. The number of carbonyl (C=O) groups excluding carboxylic acids is 1. The van der Waals surface area contributed by atoms with Crippen LogP contribution in [0.5, 0.6) is 5.75 Å². The number of hydrogen-bond acceptors (Lipinski definition) is 9. The predicted molar refractivity (Wildman–Crippen MR) is 125 cm³/mol. The molecule has 1 saturated heterocycles. The van der Waals surface area contributed by atoms with E-state index in [1.165, 1.54) is 19.1 Å². The summed E-state index contributed by atoms with van der Waals surface area (Å²) in [5.41, 5.74) is -4.12. The third kappa shape index (κ3) is 6.48. The number of nitrogens with one attached hydrogen (secondary N) is 2. The van der Waals surface area contributed by atoms with Gasteiger partial charge in [0.2, 0.25) is 0 Å². The maximum atomic E-state index is 15.4. The molecule has 14 heteroatoms. The van der Waals surface area contributed by atoms with Crippen LogP contribution < -0.4 is 20.9 Å². The Bertz CT molecular complexity index is 1220. The number of ether oxygens (including phenoxy) is 2. The van der Waals surface area contributed by atoms with Crippen molar-refractivity contribution in [2.24, 2.45) is 0 Å². The second-order valence-electron chi connectivity index (χ2n) is 8.67. The van der Waals surface area contributed by atoms with E-state index in [9.17, 15) is 24.1 Å². The van der Waals surface area contributed by atoms with E-state index in [0.717, 1.165) is 23.8 Å². The first-order valence-electron chi connectivity index (χ1n) is 11.1. The number of carbonyl (C=O) groups is 1. The quantitative estimate of drug-likeness (QED) is 0.305. The van der Waals surface area contributed by atoms with Crippen LogP contribution in [0.15, 0.2) is 52.2 Å². The van der Waals surface area contributed by atoms with E-state index in [2.05, 4.69) is 5.09 Å². The van der Waals surface area contributed by atoms with Crippen LogP contribution in [0.4, 0.5) is 4.39 Å². The van der Waals surface area contributed by atoms with E-state index in [0.29, 0.717) is 0 Å². The molecule has 198 valence electrons. The first kappa shape index (κ1) is 27.8. The molecule has 0 saturated carbocycles. The zero-order valence-corrected chi connectivity index (χ0v) is 21.0. The smallest absolute Gasteiger partial charge is 0.459 e. The molecule has 12 nitrogen and oxygen atoms in total. The molecule has 6 atom stereocenters. The molecule has 1 aliphatic rings. The lowest BCUT2D eigenvalue weighted by Gasteiger charge is -2.25. The lowest BCUT2D eigenvalue weighted by atomic mass is 9.98. The lowest BCUT2D eigenvalue weighted by molar-refractivity contribution is -0.149. The number of aromatic nitrogens is 2. The van der Waals surface area contributed by atoms with Crippen LogP contribution in [0, 0.1) is 0 Å². The van der Waals surface area contributed by atoms with Crippen LogP contribution in [-0.4, -0.2) is 57.3 Å². The largest absolute Gasteiger partial charge is 0.462 e. The van der Waals surface area contributed by atoms with Gasteiger partial charge in [0.1, 0.15) is 24.0 Å². The second kappa shape index (κ2) is 11.1. The van der Waals surface area contributed by atoms with Gasteiger partial charge in [-0.1, -0.05) is 18.2 Å². The Labute approximate surface area is 205 Å². The van der Waals surface area contributed by atoms with Gasteiger partial charge in [-0.05, 0) is 39.8 Å². The molecule has 36 heavy (non-hydrogen) atoms. The number of aromatic amines is 1. The van der Waals surface area contributed by atoms with Gasteiger partial charge in [0, 0.05) is 12.3 Å². The van der Waals surface area contributed by atoms with Crippen molar-refractivity contribution < 1.29 is 37.4 Å². The van der Waals surface area contributed by atoms with Gasteiger partial charge in [-0.3, -0.25) is 23.7 Å². The Kier molecular flexibility index (Phi) is 8.52. The first-order chi connectivity index (χ1) is 16.8. The maximum absolute atomic E-state index is 15.4. The third-order valence-corrected chi connectivity index (χ3v) is 6.90.